The Bertz CT molecular complexity index is 475. The van der Waals surface area contributed by atoms with Crippen molar-refractivity contribution in [1.29, 1.82) is 0 Å². The highest BCUT2D eigenvalue weighted by Gasteiger charge is 2.49. The molecule has 1 aromatic rings. The zero-order chi connectivity index (χ0) is 14.8. The van der Waals surface area contributed by atoms with Crippen molar-refractivity contribution in [2.24, 2.45) is 0 Å². The van der Waals surface area contributed by atoms with E-state index in [-0.39, 0.29) is 5.97 Å². The lowest BCUT2D eigenvalue weighted by atomic mass is 9.86. The Morgan fingerprint density at radius 1 is 1.40 bits per heavy atom. The SMILES string of the molecule is CCOC(=O)C1(c2nc(C(C)(C)OC)no2)CCCC1. The van der Waals surface area contributed by atoms with Crippen LogP contribution in [0.3, 0.4) is 0 Å². The lowest BCUT2D eigenvalue weighted by Crippen LogP contribution is -2.35. The smallest absolute Gasteiger partial charge is 0.321 e. The zero-order valence-corrected chi connectivity index (χ0v) is 12.6. The molecule has 1 aliphatic carbocycles. The number of methoxy groups -OCH3 is 1. The summed E-state index contributed by atoms with van der Waals surface area (Å²) in [4.78, 5) is 16.7. The highest BCUT2D eigenvalue weighted by molar-refractivity contribution is 5.82. The van der Waals surface area contributed by atoms with Gasteiger partial charge < -0.3 is 14.0 Å². The average Bonchev–Trinajstić information content (AvgIpc) is 3.08. The minimum atomic E-state index is -0.773. The number of hydrogen-bond acceptors (Lipinski definition) is 6. The van der Waals surface area contributed by atoms with Crippen molar-refractivity contribution >= 4 is 5.97 Å². The van der Waals surface area contributed by atoms with E-state index in [0.29, 0.717) is 31.2 Å². The first kappa shape index (κ1) is 15.0. The minimum Gasteiger partial charge on any atom is -0.465 e. The first-order valence-electron chi connectivity index (χ1n) is 7.03. The highest BCUT2D eigenvalue weighted by Crippen LogP contribution is 2.42. The molecule has 6 heteroatoms. The van der Waals surface area contributed by atoms with E-state index in [1.54, 1.807) is 14.0 Å². The normalized spacial score (nSPS) is 18.2. The maximum atomic E-state index is 12.3. The molecule has 1 saturated carbocycles. The Morgan fingerprint density at radius 2 is 2.05 bits per heavy atom. The van der Waals surface area contributed by atoms with Gasteiger partial charge in [0.15, 0.2) is 0 Å². The van der Waals surface area contributed by atoms with E-state index < -0.39 is 11.0 Å². The van der Waals surface area contributed by atoms with Crippen LogP contribution in [-0.4, -0.2) is 29.8 Å². The summed E-state index contributed by atoms with van der Waals surface area (Å²) in [5, 5.41) is 3.97. The van der Waals surface area contributed by atoms with Gasteiger partial charge in [-0.3, -0.25) is 4.79 Å². The van der Waals surface area contributed by atoms with Gasteiger partial charge in [-0.05, 0) is 33.6 Å². The Labute approximate surface area is 118 Å². The van der Waals surface area contributed by atoms with Crippen LogP contribution in [0.1, 0.15) is 58.2 Å². The van der Waals surface area contributed by atoms with Gasteiger partial charge >= 0.3 is 5.97 Å². The first-order valence-corrected chi connectivity index (χ1v) is 7.03. The van der Waals surface area contributed by atoms with Gasteiger partial charge in [0.05, 0.1) is 6.61 Å². The summed E-state index contributed by atoms with van der Waals surface area (Å²) in [5.74, 6) is 0.544. The minimum absolute atomic E-state index is 0.261. The van der Waals surface area contributed by atoms with Crippen molar-refractivity contribution in [3.8, 4) is 0 Å². The van der Waals surface area contributed by atoms with Gasteiger partial charge in [-0.15, -0.1) is 0 Å². The summed E-state index contributed by atoms with van der Waals surface area (Å²) < 4.78 is 15.9. The Morgan fingerprint density at radius 3 is 2.60 bits per heavy atom. The van der Waals surface area contributed by atoms with E-state index in [1.807, 2.05) is 13.8 Å². The molecule has 0 radical (unpaired) electrons. The van der Waals surface area contributed by atoms with Crippen LogP contribution in [0, 0.1) is 0 Å². The fourth-order valence-electron chi connectivity index (χ4n) is 2.51. The second kappa shape index (κ2) is 5.52. The van der Waals surface area contributed by atoms with Gasteiger partial charge in [0, 0.05) is 7.11 Å². The molecule has 112 valence electrons. The van der Waals surface area contributed by atoms with E-state index in [2.05, 4.69) is 10.1 Å². The third-order valence-corrected chi connectivity index (χ3v) is 4.01. The van der Waals surface area contributed by atoms with Crippen molar-refractivity contribution in [2.45, 2.75) is 57.5 Å². The zero-order valence-electron chi connectivity index (χ0n) is 12.6. The van der Waals surface area contributed by atoms with Crippen molar-refractivity contribution in [3.63, 3.8) is 0 Å². The molecule has 0 bridgehead atoms. The number of hydrogen-bond donors (Lipinski definition) is 0. The number of esters is 1. The van der Waals surface area contributed by atoms with Gasteiger partial charge in [0.25, 0.3) is 0 Å². The maximum absolute atomic E-state index is 12.3. The number of carbonyl (C=O) groups excluding carboxylic acids is 1. The third-order valence-electron chi connectivity index (χ3n) is 4.01. The van der Waals surface area contributed by atoms with Crippen molar-refractivity contribution < 1.29 is 18.8 Å². The molecule has 0 spiro atoms. The Hall–Kier alpha value is -1.43. The number of carbonyl (C=O) groups is 1. The topological polar surface area (TPSA) is 74.5 Å². The van der Waals surface area contributed by atoms with Crippen LogP contribution < -0.4 is 0 Å². The number of ether oxygens (including phenoxy) is 2. The summed E-state index contributed by atoms with van der Waals surface area (Å²) in [5.41, 5.74) is -1.42. The molecule has 0 unspecified atom stereocenters. The van der Waals surface area contributed by atoms with Crippen LogP contribution in [0.5, 0.6) is 0 Å². The van der Waals surface area contributed by atoms with Gasteiger partial charge in [0.2, 0.25) is 11.7 Å². The third kappa shape index (κ3) is 2.44. The average molecular weight is 282 g/mol. The summed E-state index contributed by atoms with van der Waals surface area (Å²) in [6.07, 6.45) is 3.32. The number of rotatable bonds is 5. The fourth-order valence-corrected chi connectivity index (χ4v) is 2.51. The summed E-state index contributed by atoms with van der Waals surface area (Å²) in [7, 11) is 1.59. The van der Waals surface area contributed by atoms with Gasteiger partial charge in [-0.1, -0.05) is 18.0 Å². The summed E-state index contributed by atoms with van der Waals surface area (Å²) >= 11 is 0. The molecule has 1 fully saturated rings. The van der Waals surface area contributed by atoms with Crippen LogP contribution in [0.4, 0.5) is 0 Å². The van der Waals surface area contributed by atoms with Crippen molar-refractivity contribution in [3.05, 3.63) is 11.7 Å². The molecule has 0 N–H and O–H groups in total. The molecule has 2 rings (SSSR count). The molecule has 1 aliphatic rings. The van der Waals surface area contributed by atoms with Gasteiger partial charge in [-0.2, -0.15) is 4.98 Å². The van der Waals surface area contributed by atoms with E-state index >= 15 is 0 Å². The second-order valence-electron chi connectivity index (χ2n) is 5.65. The van der Waals surface area contributed by atoms with Crippen LogP contribution in [0.25, 0.3) is 0 Å². The molecular formula is C14H22N2O4. The van der Waals surface area contributed by atoms with Gasteiger partial charge in [0.1, 0.15) is 11.0 Å². The Kier molecular flexibility index (Phi) is 4.13. The van der Waals surface area contributed by atoms with E-state index in [4.69, 9.17) is 14.0 Å². The van der Waals surface area contributed by atoms with Crippen LogP contribution in [-0.2, 0) is 25.3 Å². The second-order valence-corrected chi connectivity index (χ2v) is 5.65. The van der Waals surface area contributed by atoms with E-state index in [1.165, 1.54) is 0 Å². The van der Waals surface area contributed by atoms with Crippen LogP contribution in [0.2, 0.25) is 0 Å². The lowest BCUT2D eigenvalue weighted by molar-refractivity contribution is -0.151. The molecule has 0 atom stereocenters. The lowest BCUT2D eigenvalue weighted by Gasteiger charge is -2.22. The van der Waals surface area contributed by atoms with Crippen LogP contribution >= 0.6 is 0 Å². The number of aromatic nitrogens is 2. The highest BCUT2D eigenvalue weighted by atomic mass is 16.5. The predicted octanol–water partition coefficient (Wildman–Crippen LogP) is 2.33. The molecule has 0 aromatic carbocycles. The monoisotopic (exact) mass is 282 g/mol. The standard InChI is InChI=1S/C14H22N2O4/c1-5-19-12(17)14(8-6-7-9-14)11-15-10(16-20-11)13(2,3)18-4/h5-9H2,1-4H3. The molecule has 0 saturated heterocycles. The molecule has 0 aliphatic heterocycles. The predicted molar refractivity (Wildman–Crippen MR) is 71.1 cm³/mol. The quantitative estimate of drug-likeness (QED) is 0.772. The summed E-state index contributed by atoms with van der Waals surface area (Å²) in [6.45, 7) is 5.86. The number of nitrogens with zero attached hydrogens (tertiary/aromatic N) is 2. The molecule has 20 heavy (non-hydrogen) atoms. The van der Waals surface area contributed by atoms with E-state index in [0.717, 1.165) is 12.8 Å². The molecule has 1 heterocycles. The Balaban J connectivity index is 2.34. The van der Waals surface area contributed by atoms with Crippen LogP contribution in [0.15, 0.2) is 4.52 Å². The molecule has 1 aromatic heterocycles. The van der Waals surface area contributed by atoms with E-state index in [9.17, 15) is 4.79 Å². The largest absolute Gasteiger partial charge is 0.465 e. The first-order chi connectivity index (χ1) is 9.46. The van der Waals surface area contributed by atoms with Crippen molar-refractivity contribution in [1.82, 2.24) is 10.1 Å². The molecule has 0 amide bonds. The summed E-state index contributed by atoms with van der Waals surface area (Å²) in [6, 6.07) is 0. The maximum Gasteiger partial charge on any atom is 0.321 e. The fraction of sp³-hybridized carbons (Fsp3) is 0.786. The van der Waals surface area contributed by atoms with Gasteiger partial charge in [-0.25, -0.2) is 0 Å². The molecule has 6 nitrogen and oxygen atoms in total. The molecular weight excluding hydrogens is 260 g/mol. The van der Waals surface area contributed by atoms with Crippen molar-refractivity contribution in [2.75, 3.05) is 13.7 Å².